The predicted octanol–water partition coefficient (Wildman–Crippen LogP) is 3.13. The average Bonchev–Trinajstić information content (AvgIpc) is 2.12. The van der Waals surface area contributed by atoms with Gasteiger partial charge in [0.2, 0.25) is 0 Å². The first-order valence-electron chi connectivity index (χ1n) is 5.86. The number of aliphatic hydroxyl groups is 1. The van der Waals surface area contributed by atoms with E-state index in [2.05, 4.69) is 6.92 Å². The topological polar surface area (TPSA) is 29.5 Å². The third-order valence-electron chi connectivity index (χ3n) is 2.65. The van der Waals surface area contributed by atoms with Gasteiger partial charge in [0.05, 0.1) is 11.7 Å². The molecule has 0 saturated heterocycles. The second-order valence-electron chi connectivity index (χ2n) is 4.40. The summed E-state index contributed by atoms with van der Waals surface area (Å²) >= 11 is 0. The van der Waals surface area contributed by atoms with Crippen LogP contribution in [0.5, 0.6) is 0 Å². The summed E-state index contributed by atoms with van der Waals surface area (Å²) in [6.07, 6.45) is 5.35. The van der Waals surface area contributed by atoms with Crippen LogP contribution in [0.2, 0.25) is 0 Å². The highest BCUT2D eigenvalue weighted by molar-refractivity contribution is 4.78. The molecule has 1 N–H and O–H groups in total. The minimum absolute atomic E-state index is 0.334. The van der Waals surface area contributed by atoms with Crippen LogP contribution in [0.4, 0.5) is 0 Å². The molecular formula is C12H26O2. The fourth-order valence-corrected chi connectivity index (χ4v) is 1.58. The number of aliphatic hydroxyl groups excluding tert-OH is 1. The number of hydrogen-bond acceptors (Lipinski definition) is 2. The maximum absolute atomic E-state index is 9.88. The summed E-state index contributed by atoms with van der Waals surface area (Å²) < 4.78 is 5.50. The zero-order chi connectivity index (χ0) is 11.0. The lowest BCUT2D eigenvalue weighted by Gasteiger charge is -2.30. The molecule has 2 nitrogen and oxygen atoms in total. The van der Waals surface area contributed by atoms with Crippen molar-refractivity contribution in [2.45, 2.75) is 71.5 Å². The van der Waals surface area contributed by atoms with E-state index in [9.17, 15) is 5.11 Å². The Labute approximate surface area is 88.7 Å². The molecule has 0 aromatic heterocycles. The molecule has 86 valence electrons. The quantitative estimate of drug-likeness (QED) is 0.613. The summed E-state index contributed by atoms with van der Waals surface area (Å²) in [7, 11) is 0. The first-order chi connectivity index (χ1) is 6.54. The molecule has 0 aromatic rings. The zero-order valence-corrected chi connectivity index (χ0v) is 10.2. The van der Waals surface area contributed by atoms with Crippen molar-refractivity contribution in [1.82, 2.24) is 0 Å². The van der Waals surface area contributed by atoms with Crippen LogP contribution >= 0.6 is 0 Å². The maximum Gasteiger partial charge on any atom is 0.0884 e. The van der Waals surface area contributed by atoms with Crippen molar-refractivity contribution in [3.05, 3.63) is 0 Å². The summed E-state index contributed by atoms with van der Waals surface area (Å²) in [5, 5.41) is 9.88. The van der Waals surface area contributed by atoms with Gasteiger partial charge in [0, 0.05) is 6.61 Å². The van der Waals surface area contributed by atoms with Crippen LogP contribution in [0.15, 0.2) is 0 Å². The van der Waals surface area contributed by atoms with E-state index in [1.807, 2.05) is 20.8 Å². The van der Waals surface area contributed by atoms with E-state index < -0.39 is 0 Å². The second kappa shape index (κ2) is 7.24. The smallest absolute Gasteiger partial charge is 0.0884 e. The molecule has 0 aliphatic heterocycles. The molecule has 0 radical (unpaired) electrons. The minimum atomic E-state index is -0.388. The number of ether oxygens (including phenoxy) is 1. The lowest BCUT2D eigenvalue weighted by Crippen LogP contribution is -2.39. The Morgan fingerprint density at radius 1 is 1.14 bits per heavy atom. The minimum Gasteiger partial charge on any atom is -0.390 e. The SMILES string of the molecule is CCCCCCC(O)C(C)(C)OCC. The number of unbranched alkanes of at least 4 members (excludes halogenated alkanes) is 3. The zero-order valence-electron chi connectivity index (χ0n) is 10.2. The van der Waals surface area contributed by atoms with Gasteiger partial charge in [0.25, 0.3) is 0 Å². The number of hydrogen-bond donors (Lipinski definition) is 1. The molecular weight excluding hydrogens is 176 g/mol. The Kier molecular flexibility index (Phi) is 7.20. The van der Waals surface area contributed by atoms with Crippen molar-refractivity contribution in [3.63, 3.8) is 0 Å². The van der Waals surface area contributed by atoms with Crippen molar-refractivity contribution < 1.29 is 9.84 Å². The fraction of sp³-hybridized carbons (Fsp3) is 1.00. The monoisotopic (exact) mass is 202 g/mol. The molecule has 0 amide bonds. The van der Waals surface area contributed by atoms with Crippen LogP contribution in [0, 0.1) is 0 Å². The fourth-order valence-electron chi connectivity index (χ4n) is 1.58. The van der Waals surface area contributed by atoms with Gasteiger partial charge >= 0.3 is 0 Å². The molecule has 1 atom stereocenters. The van der Waals surface area contributed by atoms with Gasteiger partial charge in [-0.2, -0.15) is 0 Å². The van der Waals surface area contributed by atoms with Gasteiger partial charge in [-0.05, 0) is 27.2 Å². The van der Waals surface area contributed by atoms with Crippen molar-refractivity contribution in [2.24, 2.45) is 0 Å². The maximum atomic E-state index is 9.88. The molecule has 2 heteroatoms. The largest absolute Gasteiger partial charge is 0.390 e. The van der Waals surface area contributed by atoms with Crippen LogP contribution in [-0.2, 0) is 4.74 Å². The lowest BCUT2D eigenvalue weighted by molar-refractivity contribution is -0.0992. The van der Waals surface area contributed by atoms with Gasteiger partial charge in [-0.1, -0.05) is 32.6 Å². The molecule has 0 saturated carbocycles. The molecule has 0 rings (SSSR count). The summed E-state index contributed by atoms with van der Waals surface area (Å²) in [4.78, 5) is 0. The first kappa shape index (κ1) is 13.9. The van der Waals surface area contributed by atoms with Crippen LogP contribution in [0.3, 0.4) is 0 Å². The van der Waals surface area contributed by atoms with Gasteiger partial charge in [0.15, 0.2) is 0 Å². The molecule has 0 aliphatic carbocycles. The van der Waals surface area contributed by atoms with E-state index in [-0.39, 0.29) is 11.7 Å². The van der Waals surface area contributed by atoms with E-state index in [1.54, 1.807) is 0 Å². The molecule has 0 fully saturated rings. The lowest BCUT2D eigenvalue weighted by atomic mass is 9.96. The first-order valence-corrected chi connectivity index (χ1v) is 5.86. The molecule has 1 unspecified atom stereocenters. The summed E-state index contributed by atoms with van der Waals surface area (Å²) in [5.74, 6) is 0. The van der Waals surface area contributed by atoms with E-state index in [0.717, 1.165) is 12.8 Å². The highest BCUT2D eigenvalue weighted by Crippen LogP contribution is 2.19. The van der Waals surface area contributed by atoms with Gasteiger partial charge in [-0.15, -0.1) is 0 Å². The molecule has 0 aromatic carbocycles. The van der Waals surface area contributed by atoms with Crippen molar-refractivity contribution in [2.75, 3.05) is 6.61 Å². The third-order valence-corrected chi connectivity index (χ3v) is 2.65. The van der Waals surface area contributed by atoms with Crippen LogP contribution in [0.1, 0.15) is 59.8 Å². The molecule has 0 bridgehead atoms. The average molecular weight is 202 g/mol. The highest BCUT2D eigenvalue weighted by atomic mass is 16.5. The Balaban J connectivity index is 3.65. The van der Waals surface area contributed by atoms with E-state index in [0.29, 0.717) is 6.61 Å². The highest BCUT2D eigenvalue weighted by Gasteiger charge is 2.27. The van der Waals surface area contributed by atoms with Gasteiger partial charge in [-0.3, -0.25) is 0 Å². The second-order valence-corrected chi connectivity index (χ2v) is 4.40. The Hall–Kier alpha value is -0.0800. The molecule has 0 spiro atoms. The normalized spacial score (nSPS) is 14.4. The van der Waals surface area contributed by atoms with Crippen LogP contribution in [-0.4, -0.2) is 23.4 Å². The van der Waals surface area contributed by atoms with E-state index in [1.165, 1.54) is 19.3 Å². The van der Waals surface area contributed by atoms with Crippen molar-refractivity contribution in [3.8, 4) is 0 Å². The summed E-state index contributed by atoms with van der Waals surface area (Å²) in [6, 6.07) is 0. The molecule has 14 heavy (non-hydrogen) atoms. The Bertz CT molecular complexity index is 132. The molecule has 0 heterocycles. The summed E-state index contributed by atoms with van der Waals surface area (Å²) in [5.41, 5.74) is -0.388. The van der Waals surface area contributed by atoms with Crippen LogP contribution in [0.25, 0.3) is 0 Å². The Morgan fingerprint density at radius 2 is 1.79 bits per heavy atom. The summed E-state index contributed by atoms with van der Waals surface area (Å²) in [6.45, 7) is 8.74. The van der Waals surface area contributed by atoms with Gasteiger partial charge in [-0.25, -0.2) is 0 Å². The van der Waals surface area contributed by atoms with Crippen molar-refractivity contribution in [1.29, 1.82) is 0 Å². The standard InChI is InChI=1S/C12H26O2/c1-5-7-8-9-10-11(13)12(3,4)14-6-2/h11,13H,5-10H2,1-4H3. The van der Waals surface area contributed by atoms with Crippen molar-refractivity contribution >= 4 is 0 Å². The van der Waals surface area contributed by atoms with Crippen LogP contribution < -0.4 is 0 Å². The van der Waals surface area contributed by atoms with Gasteiger partial charge in [0.1, 0.15) is 0 Å². The third kappa shape index (κ3) is 5.61. The Morgan fingerprint density at radius 3 is 2.29 bits per heavy atom. The number of rotatable bonds is 8. The van der Waals surface area contributed by atoms with E-state index >= 15 is 0 Å². The van der Waals surface area contributed by atoms with Gasteiger partial charge < -0.3 is 9.84 Å². The van der Waals surface area contributed by atoms with E-state index in [4.69, 9.17) is 4.74 Å². The predicted molar refractivity (Wildman–Crippen MR) is 60.5 cm³/mol. The molecule has 0 aliphatic rings.